The summed E-state index contributed by atoms with van der Waals surface area (Å²) in [4.78, 5) is 31.1. The second kappa shape index (κ2) is 10.4. The molecule has 0 bridgehead atoms. The summed E-state index contributed by atoms with van der Waals surface area (Å²) in [5.41, 5.74) is 0.903. The van der Waals surface area contributed by atoms with Gasteiger partial charge in [-0.2, -0.15) is 13.2 Å². The van der Waals surface area contributed by atoms with Crippen molar-refractivity contribution in [2.75, 3.05) is 18.4 Å². The number of amides is 2. The number of hydrogen-bond acceptors (Lipinski definition) is 3. The lowest BCUT2D eigenvalue weighted by atomic mass is 10.2. The molecular weight excluding hydrogens is 445 g/mol. The van der Waals surface area contributed by atoms with Crippen LogP contribution in [0.1, 0.15) is 19.4 Å². The summed E-state index contributed by atoms with van der Waals surface area (Å²) in [6.45, 7) is 7.08. The fraction of sp³-hybridized carbons (Fsp3) is 0.240. The van der Waals surface area contributed by atoms with E-state index in [4.69, 9.17) is 0 Å². The van der Waals surface area contributed by atoms with Gasteiger partial charge in [0.1, 0.15) is 6.54 Å². The van der Waals surface area contributed by atoms with Crippen LogP contribution in [0.4, 0.5) is 19.1 Å². The molecule has 178 valence electrons. The molecule has 0 aliphatic rings. The quantitative estimate of drug-likeness (QED) is 0.462. The highest BCUT2D eigenvalue weighted by atomic mass is 19.4. The summed E-state index contributed by atoms with van der Waals surface area (Å²) in [5.74, 6) is -0.869. The third kappa shape index (κ3) is 5.92. The highest BCUT2D eigenvalue weighted by Gasteiger charge is 2.30. The van der Waals surface area contributed by atoms with Crippen LogP contribution in [0.25, 0.3) is 16.9 Å². The molecule has 0 atom stereocenters. The van der Waals surface area contributed by atoms with Gasteiger partial charge >= 0.3 is 6.18 Å². The van der Waals surface area contributed by atoms with E-state index >= 15 is 0 Å². The number of halogens is 3. The number of benzene rings is 2. The first kappa shape index (κ1) is 24.8. The number of nitrogens with one attached hydrogen (secondary N) is 1. The molecule has 1 aromatic heterocycles. The highest BCUT2D eigenvalue weighted by Crippen LogP contribution is 2.31. The van der Waals surface area contributed by atoms with Crippen LogP contribution < -0.4 is 5.32 Å². The van der Waals surface area contributed by atoms with Crippen molar-refractivity contribution in [1.82, 2.24) is 14.5 Å². The van der Waals surface area contributed by atoms with Gasteiger partial charge < -0.3 is 4.90 Å². The van der Waals surface area contributed by atoms with Crippen LogP contribution in [0.5, 0.6) is 0 Å². The lowest BCUT2D eigenvalue weighted by molar-refractivity contribution is -0.137. The smallest absolute Gasteiger partial charge is 0.329 e. The summed E-state index contributed by atoms with van der Waals surface area (Å²) in [6, 6.07) is 13.7. The fourth-order valence-electron chi connectivity index (χ4n) is 3.32. The lowest BCUT2D eigenvalue weighted by Crippen LogP contribution is -2.40. The van der Waals surface area contributed by atoms with Gasteiger partial charge in [-0.3, -0.25) is 19.5 Å². The molecular formula is C25H25F3N4O2. The zero-order valence-electron chi connectivity index (χ0n) is 18.8. The number of rotatable bonds is 8. The Kier molecular flexibility index (Phi) is 7.55. The van der Waals surface area contributed by atoms with Gasteiger partial charge in [0.05, 0.1) is 11.3 Å². The van der Waals surface area contributed by atoms with Gasteiger partial charge in [0.15, 0.2) is 0 Å². The predicted molar refractivity (Wildman–Crippen MR) is 124 cm³/mol. The molecule has 3 aromatic rings. The van der Waals surface area contributed by atoms with Gasteiger partial charge in [-0.1, -0.05) is 50.3 Å². The monoisotopic (exact) mass is 470 g/mol. The van der Waals surface area contributed by atoms with Crippen molar-refractivity contribution in [3.8, 4) is 16.9 Å². The first-order valence-electron chi connectivity index (χ1n) is 10.6. The van der Waals surface area contributed by atoms with Crippen LogP contribution in [0.2, 0.25) is 0 Å². The topological polar surface area (TPSA) is 67.2 Å². The molecule has 9 heteroatoms. The van der Waals surface area contributed by atoms with Gasteiger partial charge in [0, 0.05) is 29.9 Å². The Hall–Kier alpha value is -3.88. The van der Waals surface area contributed by atoms with E-state index in [0.29, 0.717) is 11.4 Å². The van der Waals surface area contributed by atoms with E-state index in [1.165, 1.54) is 27.7 Å². The summed E-state index contributed by atoms with van der Waals surface area (Å²) in [7, 11) is 0. The average Bonchev–Trinajstić information content (AvgIpc) is 3.22. The van der Waals surface area contributed by atoms with Crippen LogP contribution >= 0.6 is 0 Å². The number of carbonyl (C=O) groups is 2. The van der Waals surface area contributed by atoms with E-state index < -0.39 is 17.6 Å². The predicted octanol–water partition coefficient (Wildman–Crippen LogP) is 5.17. The second-order valence-corrected chi connectivity index (χ2v) is 7.94. The SMILES string of the molecule is C=CCN(CC(=O)Nc1nc(-c2ccccc2)cn1-c1ccc(C(F)(F)F)cc1)C(=O)C(C)C. The summed E-state index contributed by atoms with van der Waals surface area (Å²) in [5, 5.41) is 2.69. The van der Waals surface area contributed by atoms with Crippen molar-refractivity contribution >= 4 is 17.8 Å². The molecule has 6 nitrogen and oxygen atoms in total. The molecule has 2 aromatic carbocycles. The van der Waals surface area contributed by atoms with Gasteiger partial charge in [0.2, 0.25) is 17.8 Å². The molecule has 0 saturated heterocycles. The molecule has 0 radical (unpaired) electrons. The molecule has 0 unspecified atom stereocenters. The number of nitrogens with zero attached hydrogens (tertiary/aromatic N) is 3. The fourth-order valence-corrected chi connectivity index (χ4v) is 3.32. The minimum absolute atomic E-state index is 0.124. The average molecular weight is 470 g/mol. The number of carbonyl (C=O) groups excluding carboxylic acids is 2. The Morgan fingerprint density at radius 3 is 2.32 bits per heavy atom. The molecule has 1 heterocycles. The third-order valence-electron chi connectivity index (χ3n) is 4.99. The maximum atomic E-state index is 13.0. The number of hydrogen-bond donors (Lipinski definition) is 1. The molecule has 0 saturated carbocycles. The van der Waals surface area contributed by atoms with Gasteiger partial charge in [-0.25, -0.2) is 4.98 Å². The number of alkyl halides is 3. The molecule has 0 spiro atoms. The zero-order valence-corrected chi connectivity index (χ0v) is 18.8. The molecule has 1 N–H and O–H groups in total. The van der Waals surface area contributed by atoms with Crippen LogP contribution in [-0.2, 0) is 15.8 Å². The van der Waals surface area contributed by atoms with Gasteiger partial charge in [0.25, 0.3) is 0 Å². The largest absolute Gasteiger partial charge is 0.416 e. The van der Waals surface area contributed by atoms with Crippen molar-refractivity contribution in [1.29, 1.82) is 0 Å². The normalized spacial score (nSPS) is 11.4. The Labute approximate surface area is 195 Å². The van der Waals surface area contributed by atoms with E-state index in [1.54, 1.807) is 20.0 Å². The van der Waals surface area contributed by atoms with Crippen LogP contribution in [0, 0.1) is 5.92 Å². The van der Waals surface area contributed by atoms with E-state index in [9.17, 15) is 22.8 Å². The number of aromatic nitrogens is 2. The zero-order chi connectivity index (χ0) is 24.9. The van der Waals surface area contributed by atoms with E-state index in [1.807, 2.05) is 30.3 Å². The summed E-state index contributed by atoms with van der Waals surface area (Å²) >= 11 is 0. The van der Waals surface area contributed by atoms with E-state index in [-0.39, 0.29) is 30.9 Å². The van der Waals surface area contributed by atoms with Gasteiger partial charge in [-0.05, 0) is 24.3 Å². The lowest BCUT2D eigenvalue weighted by Gasteiger charge is -2.22. The number of imidazole rings is 1. The third-order valence-corrected chi connectivity index (χ3v) is 4.99. The first-order chi connectivity index (χ1) is 16.1. The molecule has 2 amide bonds. The number of anilines is 1. The first-order valence-corrected chi connectivity index (χ1v) is 10.6. The maximum absolute atomic E-state index is 13.0. The van der Waals surface area contributed by atoms with Crippen LogP contribution in [0.15, 0.2) is 73.4 Å². The minimum atomic E-state index is -4.46. The van der Waals surface area contributed by atoms with Crippen molar-refractivity contribution < 1.29 is 22.8 Å². The maximum Gasteiger partial charge on any atom is 0.416 e. The van der Waals surface area contributed by atoms with Crippen molar-refractivity contribution in [2.24, 2.45) is 5.92 Å². The molecule has 0 fully saturated rings. The molecule has 0 aliphatic carbocycles. The Morgan fingerprint density at radius 2 is 1.76 bits per heavy atom. The summed E-state index contributed by atoms with van der Waals surface area (Å²) in [6.07, 6.45) is -1.30. The molecule has 34 heavy (non-hydrogen) atoms. The van der Waals surface area contributed by atoms with Crippen molar-refractivity contribution in [3.63, 3.8) is 0 Å². The Balaban J connectivity index is 1.94. The van der Waals surface area contributed by atoms with E-state index in [0.717, 1.165) is 17.7 Å². The van der Waals surface area contributed by atoms with Crippen molar-refractivity contribution in [3.05, 3.63) is 79.0 Å². The van der Waals surface area contributed by atoms with Gasteiger partial charge in [-0.15, -0.1) is 6.58 Å². The summed E-state index contributed by atoms with van der Waals surface area (Å²) < 4.78 is 40.5. The minimum Gasteiger partial charge on any atom is -0.329 e. The van der Waals surface area contributed by atoms with Crippen LogP contribution in [-0.4, -0.2) is 39.4 Å². The Bertz CT molecular complexity index is 1150. The van der Waals surface area contributed by atoms with E-state index in [2.05, 4.69) is 16.9 Å². The van der Waals surface area contributed by atoms with Crippen LogP contribution in [0.3, 0.4) is 0 Å². The second-order valence-electron chi connectivity index (χ2n) is 7.94. The molecule has 0 aliphatic heterocycles. The standard InChI is InChI=1S/C25H25F3N4O2/c1-4-14-31(23(34)17(2)3)16-22(33)30-24-29-21(18-8-6-5-7-9-18)15-32(24)20-12-10-19(11-13-20)25(26,27)28/h4-13,15,17H,1,14,16H2,2-3H3,(H,29,30,33). The Morgan fingerprint density at radius 1 is 1.12 bits per heavy atom. The van der Waals surface area contributed by atoms with Crippen molar-refractivity contribution in [2.45, 2.75) is 20.0 Å². The highest BCUT2D eigenvalue weighted by molar-refractivity contribution is 5.94. The molecule has 3 rings (SSSR count).